The van der Waals surface area contributed by atoms with E-state index in [1.54, 1.807) is 24.3 Å². The van der Waals surface area contributed by atoms with Crippen LogP contribution in [0.2, 0.25) is 5.02 Å². The van der Waals surface area contributed by atoms with Gasteiger partial charge in [-0.25, -0.2) is 14.1 Å². The van der Waals surface area contributed by atoms with Gasteiger partial charge in [0, 0.05) is 5.56 Å². The maximum absolute atomic E-state index is 14.3. The first-order valence-electron chi connectivity index (χ1n) is 11.1. The van der Waals surface area contributed by atoms with E-state index in [1.807, 2.05) is 0 Å². The SMILES string of the molecule is O=C1CSC(=NN=Cc2ccc(-c3ncn(-c4ccc(OC(F)(F)F)cc4)n3)cc2)N1c1c(F)cccc1Cl. The Morgan fingerprint density at radius 1 is 1.05 bits per heavy atom. The van der Waals surface area contributed by atoms with E-state index in [2.05, 4.69) is 25.0 Å². The van der Waals surface area contributed by atoms with Gasteiger partial charge in [-0.1, -0.05) is 53.7 Å². The maximum atomic E-state index is 14.3. The summed E-state index contributed by atoms with van der Waals surface area (Å²) in [5.74, 6) is -0.862. The van der Waals surface area contributed by atoms with Gasteiger partial charge in [-0.05, 0) is 42.0 Å². The van der Waals surface area contributed by atoms with Crippen molar-refractivity contribution in [3.63, 3.8) is 0 Å². The van der Waals surface area contributed by atoms with Crippen molar-refractivity contribution in [2.24, 2.45) is 10.2 Å². The highest BCUT2D eigenvalue weighted by molar-refractivity contribution is 8.15. The van der Waals surface area contributed by atoms with E-state index in [4.69, 9.17) is 11.6 Å². The zero-order chi connectivity index (χ0) is 27.6. The molecule has 0 N–H and O–H groups in total. The Labute approximate surface area is 227 Å². The van der Waals surface area contributed by atoms with Crippen LogP contribution in [0.3, 0.4) is 0 Å². The van der Waals surface area contributed by atoms with E-state index in [0.717, 1.165) is 16.7 Å². The van der Waals surface area contributed by atoms with E-state index < -0.39 is 12.2 Å². The molecule has 1 aliphatic rings. The lowest BCUT2D eigenvalue weighted by Crippen LogP contribution is -2.30. The molecule has 0 bridgehead atoms. The number of amidine groups is 1. The second-order valence-corrected chi connectivity index (χ2v) is 9.24. The van der Waals surface area contributed by atoms with Gasteiger partial charge in [0.1, 0.15) is 23.6 Å². The van der Waals surface area contributed by atoms with Crippen molar-refractivity contribution in [3.05, 3.63) is 89.5 Å². The van der Waals surface area contributed by atoms with Gasteiger partial charge in [0.2, 0.25) is 5.91 Å². The minimum Gasteiger partial charge on any atom is -0.406 e. The van der Waals surface area contributed by atoms with Gasteiger partial charge >= 0.3 is 6.36 Å². The standard InChI is InChI=1S/C25H15ClF4N6O2S/c26-19-2-1-3-20(27)22(19)36-21(37)13-39-24(36)33-32-12-15-4-6-16(7-5-15)23-31-14-35(34-23)17-8-10-18(11-9-17)38-25(28,29)30/h1-12,14H,13H2. The maximum Gasteiger partial charge on any atom is 0.573 e. The highest BCUT2D eigenvalue weighted by atomic mass is 35.5. The third-order valence-electron chi connectivity index (χ3n) is 5.27. The van der Waals surface area contributed by atoms with Crippen molar-refractivity contribution in [1.29, 1.82) is 0 Å². The predicted molar refractivity (Wildman–Crippen MR) is 140 cm³/mol. The summed E-state index contributed by atoms with van der Waals surface area (Å²) >= 11 is 7.23. The number of benzene rings is 3. The fourth-order valence-electron chi connectivity index (χ4n) is 3.54. The molecule has 0 atom stereocenters. The van der Waals surface area contributed by atoms with Crippen LogP contribution in [0.5, 0.6) is 5.75 Å². The first-order chi connectivity index (χ1) is 18.7. The van der Waals surface area contributed by atoms with Gasteiger partial charge in [-0.2, -0.15) is 5.10 Å². The Kier molecular flexibility index (Phi) is 7.35. The number of carbonyl (C=O) groups is 1. The Hall–Kier alpha value is -4.23. The van der Waals surface area contributed by atoms with Crippen LogP contribution >= 0.6 is 23.4 Å². The average Bonchev–Trinajstić information content (AvgIpc) is 3.52. The number of halogens is 5. The molecule has 39 heavy (non-hydrogen) atoms. The van der Waals surface area contributed by atoms with Gasteiger partial charge in [0.05, 0.1) is 22.7 Å². The molecule has 1 amide bonds. The molecule has 0 spiro atoms. The number of anilines is 1. The minimum absolute atomic E-state index is 0.0648. The molecule has 0 saturated carbocycles. The lowest BCUT2D eigenvalue weighted by molar-refractivity contribution is -0.274. The number of alkyl halides is 3. The highest BCUT2D eigenvalue weighted by Crippen LogP contribution is 2.34. The number of hydrogen-bond donors (Lipinski definition) is 0. The number of nitrogens with zero attached hydrogens (tertiary/aromatic N) is 6. The lowest BCUT2D eigenvalue weighted by atomic mass is 10.1. The Morgan fingerprint density at radius 3 is 2.49 bits per heavy atom. The minimum atomic E-state index is -4.77. The van der Waals surface area contributed by atoms with Crippen molar-refractivity contribution >= 4 is 46.3 Å². The molecule has 4 aromatic rings. The number of para-hydroxylation sites is 1. The van der Waals surface area contributed by atoms with Gasteiger partial charge in [0.25, 0.3) is 0 Å². The lowest BCUT2D eigenvalue weighted by Gasteiger charge is -2.17. The molecular formula is C25H15ClF4N6O2S. The molecule has 8 nitrogen and oxygen atoms in total. The third-order valence-corrected chi connectivity index (χ3v) is 6.49. The molecule has 3 aromatic carbocycles. The van der Waals surface area contributed by atoms with E-state index in [0.29, 0.717) is 22.6 Å². The second-order valence-electron chi connectivity index (χ2n) is 7.89. The molecule has 1 aliphatic heterocycles. The molecule has 0 radical (unpaired) electrons. The summed E-state index contributed by atoms with van der Waals surface area (Å²) in [6, 6.07) is 16.4. The summed E-state index contributed by atoms with van der Waals surface area (Å²) in [7, 11) is 0. The van der Waals surface area contributed by atoms with Crippen LogP contribution in [0.4, 0.5) is 23.2 Å². The highest BCUT2D eigenvalue weighted by Gasteiger charge is 2.33. The number of rotatable bonds is 6. The van der Waals surface area contributed by atoms with Crippen molar-refractivity contribution in [2.45, 2.75) is 6.36 Å². The Balaban J connectivity index is 1.27. The van der Waals surface area contributed by atoms with Crippen LogP contribution < -0.4 is 9.64 Å². The molecule has 14 heteroatoms. The molecular weight excluding hydrogens is 560 g/mol. The summed E-state index contributed by atoms with van der Waals surface area (Å²) in [6.45, 7) is 0. The molecule has 0 unspecified atom stereocenters. The monoisotopic (exact) mass is 574 g/mol. The van der Waals surface area contributed by atoms with Crippen LogP contribution in [0.25, 0.3) is 17.1 Å². The Bertz CT molecular complexity index is 1550. The Morgan fingerprint density at radius 2 is 1.79 bits per heavy atom. The van der Waals surface area contributed by atoms with Crippen molar-refractivity contribution in [3.8, 4) is 22.8 Å². The molecule has 1 saturated heterocycles. The van der Waals surface area contributed by atoms with Crippen molar-refractivity contribution in [1.82, 2.24) is 14.8 Å². The van der Waals surface area contributed by atoms with E-state index in [-0.39, 0.29) is 33.3 Å². The molecule has 2 heterocycles. The van der Waals surface area contributed by atoms with Gasteiger partial charge in [-0.3, -0.25) is 9.69 Å². The van der Waals surface area contributed by atoms with Crippen molar-refractivity contribution < 1.29 is 27.1 Å². The van der Waals surface area contributed by atoms with E-state index in [1.165, 1.54) is 59.7 Å². The quantitative estimate of drug-likeness (QED) is 0.158. The number of hydrogen-bond acceptors (Lipinski definition) is 7. The predicted octanol–water partition coefficient (Wildman–Crippen LogP) is 6.10. The van der Waals surface area contributed by atoms with Crippen LogP contribution in [0.1, 0.15) is 5.56 Å². The molecule has 5 rings (SSSR count). The van der Waals surface area contributed by atoms with E-state index >= 15 is 0 Å². The smallest absolute Gasteiger partial charge is 0.406 e. The number of carbonyl (C=O) groups excluding carboxylic acids is 1. The van der Waals surface area contributed by atoms with Crippen LogP contribution in [-0.4, -0.2) is 44.2 Å². The summed E-state index contributed by atoms with van der Waals surface area (Å²) in [5.41, 5.74) is 1.81. The average molecular weight is 575 g/mol. The fourth-order valence-corrected chi connectivity index (χ4v) is 4.60. The molecule has 0 aliphatic carbocycles. The largest absolute Gasteiger partial charge is 0.573 e. The summed E-state index contributed by atoms with van der Waals surface area (Å²) in [4.78, 5) is 17.7. The number of ether oxygens (including phenoxy) is 1. The first-order valence-corrected chi connectivity index (χ1v) is 12.4. The van der Waals surface area contributed by atoms with Crippen LogP contribution in [-0.2, 0) is 4.79 Å². The summed E-state index contributed by atoms with van der Waals surface area (Å²) < 4.78 is 56.7. The van der Waals surface area contributed by atoms with Crippen LogP contribution in [0.15, 0.2) is 83.3 Å². The third kappa shape index (κ3) is 6.10. The zero-order valence-electron chi connectivity index (χ0n) is 19.5. The fraction of sp³-hybridized carbons (Fsp3) is 0.0800. The molecule has 1 aromatic heterocycles. The van der Waals surface area contributed by atoms with Crippen LogP contribution in [0, 0.1) is 5.82 Å². The number of amides is 1. The summed E-state index contributed by atoms with van der Waals surface area (Å²) in [5, 5.41) is 12.8. The topological polar surface area (TPSA) is 85.0 Å². The van der Waals surface area contributed by atoms with E-state index in [9.17, 15) is 22.4 Å². The van der Waals surface area contributed by atoms with Gasteiger partial charge in [-0.15, -0.1) is 23.4 Å². The molecule has 1 fully saturated rings. The van der Waals surface area contributed by atoms with Crippen molar-refractivity contribution in [2.75, 3.05) is 10.7 Å². The normalized spacial score (nSPS) is 15.1. The first kappa shape index (κ1) is 26.4. The second kappa shape index (κ2) is 10.9. The van der Waals surface area contributed by atoms with Gasteiger partial charge < -0.3 is 4.74 Å². The number of aromatic nitrogens is 3. The summed E-state index contributed by atoms with van der Waals surface area (Å²) in [6.07, 6.45) is -1.86. The zero-order valence-corrected chi connectivity index (χ0v) is 21.1. The molecule has 198 valence electrons. The number of thioether (sulfide) groups is 1. The van der Waals surface area contributed by atoms with Gasteiger partial charge in [0.15, 0.2) is 11.0 Å².